The first-order valence-corrected chi connectivity index (χ1v) is 11.0. The van der Waals surface area contributed by atoms with Gasteiger partial charge in [-0.1, -0.05) is 12.5 Å². The first-order valence-electron chi connectivity index (χ1n) is 9.53. The molecule has 2 saturated heterocycles. The number of carbonyl (C=O) groups is 1. The van der Waals surface area contributed by atoms with Crippen LogP contribution in [0.3, 0.4) is 0 Å². The number of carbonyl (C=O) groups excluding carboxylic acids is 1. The van der Waals surface area contributed by atoms with Crippen LogP contribution in [-0.2, 0) is 10.0 Å². The summed E-state index contributed by atoms with van der Waals surface area (Å²) in [5.74, 6) is -0.194. The molecule has 1 aromatic rings. The molecule has 0 spiro atoms. The number of hydrogen-bond acceptors (Lipinski definition) is 4. The highest BCUT2D eigenvalue weighted by atomic mass is 32.2. The van der Waals surface area contributed by atoms with Crippen LogP contribution in [0.2, 0.25) is 0 Å². The zero-order valence-corrected chi connectivity index (χ0v) is 16.4. The van der Waals surface area contributed by atoms with Crippen LogP contribution in [0.4, 0.5) is 0 Å². The molecule has 0 radical (unpaired) electrons. The van der Waals surface area contributed by atoms with Gasteiger partial charge in [-0.05, 0) is 63.8 Å². The summed E-state index contributed by atoms with van der Waals surface area (Å²) in [4.78, 5) is 12.9. The van der Waals surface area contributed by atoms with Crippen LogP contribution in [0, 0.1) is 6.92 Å². The minimum atomic E-state index is -3.58. The van der Waals surface area contributed by atoms with E-state index in [0.717, 1.165) is 50.8 Å². The van der Waals surface area contributed by atoms with Gasteiger partial charge in [-0.3, -0.25) is 4.79 Å². The monoisotopic (exact) mass is 379 g/mol. The van der Waals surface area contributed by atoms with Crippen molar-refractivity contribution in [2.45, 2.75) is 62.9 Å². The Hall–Kier alpha value is -1.44. The Morgan fingerprint density at radius 2 is 2.04 bits per heavy atom. The lowest BCUT2D eigenvalue weighted by atomic mass is 10.1. The Bertz CT molecular complexity index is 757. The van der Waals surface area contributed by atoms with Crippen LogP contribution in [0.25, 0.3) is 0 Å². The average molecular weight is 380 g/mol. The first-order chi connectivity index (χ1) is 12.4. The minimum Gasteiger partial charge on any atom is -0.348 e. The summed E-state index contributed by atoms with van der Waals surface area (Å²) >= 11 is 0. The van der Waals surface area contributed by atoms with Crippen molar-refractivity contribution in [2.24, 2.45) is 0 Å². The first kappa shape index (κ1) is 19.3. The molecule has 144 valence electrons. The molecular formula is C19H29N3O3S. The molecule has 0 bridgehead atoms. The van der Waals surface area contributed by atoms with Crippen molar-refractivity contribution < 1.29 is 13.2 Å². The Kier molecular flexibility index (Phi) is 5.99. The van der Waals surface area contributed by atoms with Crippen molar-refractivity contribution in [1.29, 1.82) is 0 Å². The molecule has 2 atom stereocenters. The molecule has 0 aromatic heterocycles. The normalized spacial score (nSPS) is 25.0. The van der Waals surface area contributed by atoms with E-state index in [1.54, 1.807) is 16.4 Å². The van der Waals surface area contributed by atoms with Gasteiger partial charge in [0.1, 0.15) is 0 Å². The predicted octanol–water partition coefficient (Wildman–Crippen LogP) is 2.04. The molecule has 2 fully saturated rings. The number of benzene rings is 1. The average Bonchev–Trinajstić information content (AvgIpc) is 2.63. The molecule has 1 amide bonds. The SMILES string of the molecule is Cc1ccc(S(=O)(=O)N2CCCCC2C)cc1C(=O)NC1CCCNC1. The van der Waals surface area contributed by atoms with E-state index in [9.17, 15) is 13.2 Å². The van der Waals surface area contributed by atoms with Crippen molar-refractivity contribution in [3.05, 3.63) is 29.3 Å². The highest BCUT2D eigenvalue weighted by Crippen LogP contribution is 2.26. The van der Waals surface area contributed by atoms with Gasteiger partial charge in [0, 0.05) is 30.7 Å². The summed E-state index contributed by atoms with van der Waals surface area (Å²) in [6.07, 6.45) is 4.81. The molecule has 2 heterocycles. The molecule has 1 aromatic carbocycles. The van der Waals surface area contributed by atoms with Gasteiger partial charge in [-0.15, -0.1) is 0 Å². The lowest BCUT2D eigenvalue weighted by Crippen LogP contribution is -2.45. The van der Waals surface area contributed by atoms with Gasteiger partial charge in [0.15, 0.2) is 0 Å². The summed E-state index contributed by atoms with van der Waals surface area (Å²) in [5, 5.41) is 6.31. The summed E-state index contributed by atoms with van der Waals surface area (Å²) < 4.78 is 27.7. The van der Waals surface area contributed by atoms with Crippen molar-refractivity contribution in [3.63, 3.8) is 0 Å². The summed E-state index contributed by atoms with van der Waals surface area (Å²) in [7, 11) is -3.58. The largest absolute Gasteiger partial charge is 0.348 e. The molecule has 2 N–H and O–H groups in total. The fraction of sp³-hybridized carbons (Fsp3) is 0.632. The van der Waals surface area contributed by atoms with Crippen molar-refractivity contribution >= 4 is 15.9 Å². The number of hydrogen-bond donors (Lipinski definition) is 2. The second-order valence-corrected chi connectivity index (χ2v) is 9.34. The third-order valence-electron chi connectivity index (χ3n) is 5.43. The Balaban J connectivity index is 1.83. The minimum absolute atomic E-state index is 0.000595. The van der Waals surface area contributed by atoms with Gasteiger partial charge in [-0.2, -0.15) is 4.31 Å². The molecule has 6 nitrogen and oxygen atoms in total. The maximum absolute atomic E-state index is 13.1. The molecule has 3 rings (SSSR count). The molecule has 2 unspecified atom stereocenters. The topological polar surface area (TPSA) is 78.5 Å². The van der Waals surface area contributed by atoms with E-state index < -0.39 is 10.0 Å². The fourth-order valence-electron chi connectivity index (χ4n) is 3.81. The number of nitrogens with zero attached hydrogens (tertiary/aromatic N) is 1. The number of nitrogens with one attached hydrogen (secondary N) is 2. The highest BCUT2D eigenvalue weighted by molar-refractivity contribution is 7.89. The van der Waals surface area contributed by atoms with Gasteiger partial charge >= 0.3 is 0 Å². The molecule has 26 heavy (non-hydrogen) atoms. The van der Waals surface area contributed by atoms with Crippen molar-refractivity contribution in [1.82, 2.24) is 14.9 Å². The molecule has 0 saturated carbocycles. The van der Waals surface area contributed by atoms with Crippen molar-refractivity contribution in [2.75, 3.05) is 19.6 Å². The van der Waals surface area contributed by atoms with Gasteiger partial charge in [0.25, 0.3) is 5.91 Å². The Morgan fingerprint density at radius 1 is 1.23 bits per heavy atom. The molecular weight excluding hydrogens is 350 g/mol. The maximum atomic E-state index is 13.1. The quantitative estimate of drug-likeness (QED) is 0.839. The summed E-state index contributed by atoms with van der Waals surface area (Å²) in [6, 6.07) is 4.98. The van der Waals surface area contributed by atoms with Crippen LogP contribution in [0.15, 0.2) is 23.1 Å². The van der Waals surface area contributed by atoms with Crippen LogP contribution in [0.1, 0.15) is 54.9 Å². The maximum Gasteiger partial charge on any atom is 0.251 e. The number of piperidine rings is 2. The van der Waals surface area contributed by atoms with E-state index in [1.165, 1.54) is 6.07 Å². The van der Waals surface area contributed by atoms with Gasteiger partial charge in [0.2, 0.25) is 10.0 Å². The number of amides is 1. The smallest absolute Gasteiger partial charge is 0.251 e. The third kappa shape index (κ3) is 4.10. The standard InChI is InChI=1S/C19H29N3O3S/c1-14-8-9-17(26(24,25)22-11-4-3-6-15(22)2)12-18(14)19(23)21-16-7-5-10-20-13-16/h8-9,12,15-16,20H,3-7,10-11,13H2,1-2H3,(H,21,23). The van der Waals surface area contributed by atoms with E-state index in [0.29, 0.717) is 12.1 Å². The van der Waals surface area contributed by atoms with E-state index in [2.05, 4.69) is 10.6 Å². The Morgan fingerprint density at radius 3 is 2.73 bits per heavy atom. The van der Waals surface area contributed by atoms with Crippen molar-refractivity contribution in [3.8, 4) is 0 Å². The third-order valence-corrected chi connectivity index (χ3v) is 7.44. The van der Waals surface area contributed by atoms with E-state index >= 15 is 0 Å². The summed E-state index contributed by atoms with van der Waals surface area (Å²) in [6.45, 7) is 6.08. The summed E-state index contributed by atoms with van der Waals surface area (Å²) in [5.41, 5.74) is 1.23. The highest BCUT2D eigenvalue weighted by Gasteiger charge is 2.31. The molecule has 2 aliphatic heterocycles. The molecule has 7 heteroatoms. The molecule has 0 aliphatic carbocycles. The van der Waals surface area contributed by atoms with Crippen LogP contribution >= 0.6 is 0 Å². The Labute approximate surface area is 156 Å². The van der Waals surface area contributed by atoms with E-state index in [-0.39, 0.29) is 22.9 Å². The number of sulfonamides is 1. The zero-order valence-electron chi connectivity index (χ0n) is 15.6. The van der Waals surface area contributed by atoms with Crippen LogP contribution < -0.4 is 10.6 Å². The van der Waals surface area contributed by atoms with Gasteiger partial charge in [-0.25, -0.2) is 8.42 Å². The lowest BCUT2D eigenvalue weighted by molar-refractivity contribution is 0.0930. The fourth-order valence-corrected chi connectivity index (χ4v) is 5.53. The van der Waals surface area contributed by atoms with Gasteiger partial charge < -0.3 is 10.6 Å². The molecule has 2 aliphatic rings. The zero-order chi connectivity index (χ0) is 18.7. The second-order valence-electron chi connectivity index (χ2n) is 7.45. The second kappa shape index (κ2) is 8.06. The number of aryl methyl sites for hydroxylation is 1. The van der Waals surface area contributed by atoms with Gasteiger partial charge in [0.05, 0.1) is 4.90 Å². The van der Waals surface area contributed by atoms with Crippen LogP contribution in [0.5, 0.6) is 0 Å². The lowest BCUT2D eigenvalue weighted by Gasteiger charge is -2.32. The van der Waals surface area contributed by atoms with E-state index in [1.807, 2.05) is 13.8 Å². The predicted molar refractivity (Wildman–Crippen MR) is 102 cm³/mol. The van der Waals surface area contributed by atoms with E-state index in [4.69, 9.17) is 0 Å². The number of rotatable bonds is 4. The van der Waals surface area contributed by atoms with Crippen LogP contribution in [-0.4, -0.2) is 50.3 Å².